The quantitative estimate of drug-likeness (QED) is 0.798. The zero-order chi connectivity index (χ0) is 14.5. The van der Waals surface area contributed by atoms with E-state index in [0.717, 1.165) is 12.2 Å². The fourth-order valence-corrected chi connectivity index (χ4v) is 1.99. The van der Waals surface area contributed by atoms with Gasteiger partial charge in [-0.3, -0.25) is 0 Å². The average Bonchev–Trinajstić information content (AvgIpc) is 2.44. The van der Waals surface area contributed by atoms with E-state index < -0.39 is 5.54 Å². The molecular weight excluding hydrogens is 240 g/mol. The molecule has 0 spiro atoms. The largest absolute Gasteiger partial charge is 0.468 e. The third kappa shape index (κ3) is 3.70. The molecule has 0 aliphatic rings. The monoisotopic (exact) mass is 264 g/mol. The van der Waals surface area contributed by atoms with E-state index in [-0.39, 0.29) is 5.97 Å². The van der Waals surface area contributed by atoms with Gasteiger partial charge in [-0.05, 0) is 40.0 Å². The molecular formula is C15H24N2O2. The Kier molecular flexibility index (Phi) is 5.36. The Balaban J connectivity index is 2.92. The maximum Gasteiger partial charge on any atom is 0.327 e. The second-order valence-electron chi connectivity index (χ2n) is 4.92. The summed E-state index contributed by atoms with van der Waals surface area (Å²) in [6, 6.07) is 8.30. The molecule has 1 unspecified atom stereocenters. The summed E-state index contributed by atoms with van der Waals surface area (Å²) in [5.41, 5.74) is 1.62. The van der Waals surface area contributed by atoms with Gasteiger partial charge in [0.05, 0.1) is 7.11 Å². The van der Waals surface area contributed by atoms with E-state index in [1.165, 1.54) is 12.7 Å². The van der Waals surface area contributed by atoms with Crippen molar-refractivity contribution in [2.75, 3.05) is 32.1 Å². The zero-order valence-corrected chi connectivity index (χ0v) is 12.5. The molecule has 0 heterocycles. The number of rotatable bonds is 6. The van der Waals surface area contributed by atoms with E-state index in [1.807, 2.05) is 6.92 Å². The molecule has 0 aliphatic carbocycles. The molecule has 1 aromatic rings. The SMILES string of the molecule is CCN(CC(C)(NC)C(=O)OC)c1ccc(C)cc1. The molecule has 4 heteroatoms. The fraction of sp³-hybridized carbons (Fsp3) is 0.533. The van der Waals surface area contributed by atoms with Crippen molar-refractivity contribution in [3.63, 3.8) is 0 Å². The first-order valence-corrected chi connectivity index (χ1v) is 6.55. The number of esters is 1. The van der Waals surface area contributed by atoms with Crippen LogP contribution in [-0.4, -0.2) is 38.8 Å². The highest BCUT2D eigenvalue weighted by Crippen LogP contribution is 2.18. The van der Waals surface area contributed by atoms with E-state index in [0.29, 0.717) is 6.54 Å². The summed E-state index contributed by atoms with van der Waals surface area (Å²) in [5, 5.41) is 3.06. The van der Waals surface area contributed by atoms with Crippen LogP contribution in [0, 0.1) is 6.92 Å². The van der Waals surface area contributed by atoms with E-state index >= 15 is 0 Å². The highest BCUT2D eigenvalue weighted by atomic mass is 16.5. The molecule has 1 atom stereocenters. The van der Waals surface area contributed by atoms with Gasteiger partial charge in [0.15, 0.2) is 0 Å². The summed E-state index contributed by atoms with van der Waals surface area (Å²) >= 11 is 0. The molecule has 0 saturated carbocycles. The van der Waals surface area contributed by atoms with Gasteiger partial charge in [0.25, 0.3) is 0 Å². The molecule has 106 valence electrons. The van der Waals surface area contributed by atoms with Crippen molar-refractivity contribution in [1.29, 1.82) is 0 Å². The first-order chi connectivity index (χ1) is 8.96. The first-order valence-electron chi connectivity index (χ1n) is 6.55. The number of carbonyl (C=O) groups is 1. The summed E-state index contributed by atoms with van der Waals surface area (Å²) in [6.07, 6.45) is 0. The Bertz CT molecular complexity index is 417. The van der Waals surface area contributed by atoms with Crippen LogP contribution in [-0.2, 0) is 9.53 Å². The first kappa shape index (κ1) is 15.5. The third-order valence-electron chi connectivity index (χ3n) is 3.48. The molecule has 0 amide bonds. The molecule has 4 nitrogen and oxygen atoms in total. The maximum absolute atomic E-state index is 11.9. The summed E-state index contributed by atoms with van der Waals surface area (Å²) in [4.78, 5) is 14.0. The van der Waals surface area contributed by atoms with Crippen molar-refractivity contribution in [2.45, 2.75) is 26.3 Å². The van der Waals surface area contributed by atoms with Gasteiger partial charge in [-0.15, -0.1) is 0 Å². The highest BCUT2D eigenvalue weighted by Gasteiger charge is 2.34. The van der Waals surface area contributed by atoms with Gasteiger partial charge in [0, 0.05) is 18.8 Å². The van der Waals surface area contributed by atoms with Gasteiger partial charge in [0.2, 0.25) is 0 Å². The highest BCUT2D eigenvalue weighted by molar-refractivity contribution is 5.81. The Labute approximate surface area is 115 Å². The second kappa shape index (κ2) is 6.57. The molecule has 1 rings (SSSR count). The van der Waals surface area contributed by atoms with Crippen LogP contribution in [0.4, 0.5) is 5.69 Å². The minimum Gasteiger partial charge on any atom is -0.468 e. The number of nitrogens with one attached hydrogen (secondary N) is 1. The molecule has 1 aromatic carbocycles. The summed E-state index contributed by atoms with van der Waals surface area (Å²) in [7, 11) is 3.19. The van der Waals surface area contributed by atoms with Crippen LogP contribution < -0.4 is 10.2 Å². The van der Waals surface area contributed by atoms with E-state index in [9.17, 15) is 4.79 Å². The van der Waals surface area contributed by atoms with E-state index in [1.54, 1.807) is 7.05 Å². The van der Waals surface area contributed by atoms with Crippen LogP contribution >= 0.6 is 0 Å². The van der Waals surface area contributed by atoms with Crippen molar-refractivity contribution in [1.82, 2.24) is 5.32 Å². The number of likely N-dealkylation sites (N-methyl/N-ethyl adjacent to an activating group) is 2. The van der Waals surface area contributed by atoms with E-state index in [2.05, 4.69) is 48.3 Å². The Morgan fingerprint density at radius 1 is 1.37 bits per heavy atom. The van der Waals surface area contributed by atoms with Crippen molar-refractivity contribution < 1.29 is 9.53 Å². The van der Waals surface area contributed by atoms with Crippen molar-refractivity contribution in [2.24, 2.45) is 0 Å². The standard InChI is InChI=1S/C15H24N2O2/c1-6-17(13-9-7-12(2)8-10-13)11-15(3,16-4)14(18)19-5/h7-10,16H,6,11H2,1-5H3. The predicted octanol–water partition coefficient (Wildman–Crippen LogP) is 1.97. The number of methoxy groups -OCH3 is 1. The van der Waals surface area contributed by atoms with Crippen molar-refractivity contribution in [3.05, 3.63) is 29.8 Å². The summed E-state index contributed by atoms with van der Waals surface area (Å²) in [6.45, 7) is 7.39. The van der Waals surface area contributed by atoms with Crippen LogP contribution in [0.15, 0.2) is 24.3 Å². The zero-order valence-electron chi connectivity index (χ0n) is 12.5. The van der Waals surface area contributed by atoms with E-state index in [4.69, 9.17) is 4.74 Å². The lowest BCUT2D eigenvalue weighted by Gasteiger charge is -2.34. The topological polar surface area (TPSA) is 41.6 Å². The lowest BCUT2D eigenvalue weighted by molar-refractivity contribution is -0.147. The van der Waals surface area contributed by atoms with Crippen LogP contribution in [0.3, 0.4) is 0 Å². The van der Waals surface area contributed by atoms with Crippen LogP contribution in [0.25, 0.3) is 0 Å². The van der Waals surface area contributed by atoms with Gasteiger partial charge >= 0.3 is 5.97 Å². The number of nitrogens with zero attached hydrogens (tertiary/aromatic N) is 1. The molecule has 1 N–H and O–H groups in total. The summed E-state index contributed by atoms with van der Waals surface area (Å²) < 4.78 is 4.88. The van der Waals surface area contributed by atoms with Crippen molar-refractivity contribution >= 4 is 11.7 Å². The molecule has 0 aliphatic heterocycles. The van der Waals surface area contributed by atoms with Gasteiger partial charge in [0.1, 0.15) is 5.54 Å². The van der Waals surface area contributed by atoms with Crippen LogP contribution in [0.5, 0.6) is 0 Å². The molecule has 0 aromatic heterocycles. The van der Waals surface area contributed by atoms with Gasteiger partial charge in [-0.25, -0.2) is 4.79 Å². The van der Waals surface area contributed by atoms with Crippen LogP contribution in [0.2, 0.25) is 0 Å². The smallest absolute Gasteiger partial charge is 0.327 e. The molecule has 0 saturated heterocycles. The number of ether oxygens (including phenoxy) is 1. The normalized spacial score (nSPS) is 13.7. The molecule has 0 fully saturated rings. The number of aryl methyl sites for hydroxylation is 1. The minimum atomic E-state index is -0.713. The molecule has 0 bridgehead atoms. The Morgan fingerprint density at radius 2 is 1.95 bits per heavy atom. The lowest BCUT2D eigenvalue weighted by Crippen LogP contribution is -2.56. The Morgan fingerprint density at radius 3 is 2.37 bits per heavy atom. The number of anilines is 1. The summed E-state index contributed by atoms with van der Waals surface area (Å²) in [5.74, 6) is -0.249. The molecule has 19 heavy (non-hydrogen) atoms. The predicted molar refractivity (Wildman–Crippen MR) is 78.5 cm³/mol. The lowest BCUT2D eigenvalue weighted by atomic mass is 10.0. The van der Waals surface area contributed by atoms with Gasteiger partial charge in [-0.1, -0.05) is 17.7 Å². The number of hydrogen-bond donors (Lipinski definition) is 1. The fourth-order valence-electron chi connectivity index (χ4n) is 1.99. The second-order valence-corrected chi connectivity index (χ2v) is 4.92. The minimum absolute atomic E-state index is 0.249. The van der Waals surface area contributed by atoms with Gasteiger partial charge in [-0.2, -0.15) is 0 Å². The maximum atomic E-state index is 11.9. The number of carbonyl (C=O) groups excluding carboxylic acids is 1. The Hall–Kier alpha value is -1.55. The number of benzene rings is 1. The average molecular weight is 264 g/mol. The number of hydrogen-bond acceptors (Lipinski definition) is 4. The van der Waals surface area contributed by atoms with Crippen LogP contribution in [0.1, 0.15) is 19.4 Å². The molecule has 0 radical (unpaired) electrons. The van der Waals surface area contributed by atoms with Gasteiger partial charge < -0.3 is 15.0 Å². The van der Waals surface area contributed by atoms with Crippen molar-refractivity contribution in [3.8, 4) is 0 Å². The third-order valence-corrected chi connectivity index (χ3v) is 3.48.